The molecule has 24 heavy (non-hydrogen) atoms. The van der Waals surface area contributed by atoms with Gasteiger partial charge in [0.15, 0.2) is 17.5 Å². The zero-order valence-electron chi connectivity index (χ0n) is 15.2. The summed E-state index contributed by atoms with van der Waals surface area (Å²) >= 11 is 0. The highest BCUT2D eigenvalue weighted by Gasteiger charge is 2.28. The number of amides is 1. The number of anilines is 1. The Labute approximate surface area is 145 Å². The van der Waals surface area contributed by atoms with E-state index in [1.54, 1.807) is 0 Å². The number of carbonyl (C=O) groups is 1. The molecule has 1 aliphatic rings. The summed E-state index contributed by atoms with van der Waals surface area (Å²) in [6.45, 7) is 9.43. The molecule has 5 heteroatoms. The predicted octanol–water partition coefficient (Wildman–Crippen LogP) is 2.27. The summed E-state index contributed by atoms with van der Waals surface area (Å²) in [6, 6.07) is 5.62. The lowest BCUT2D eigenvalue weighted by Gasteiger charge is -2.27. The predicted molar refractivity (Wildman–Crippen MR) is 96.0 cm³/mol. The number of hydrogen-bond acceptors (Lipinski definition) is 3. The maximum atomic E-state index is 12.9. The second kappa shape index (κ2) is 9.52. The molecule has 0 aromatic heterocycles. The van der Waals surface area contributed by atoms with E-state index in [-0.39, 0.29) is 11.9 Å². The minimum absolute atomic E-state index is 0.0214. The average Bonchev–Trinajstić information content (AvgIpc) is 2.61. The van der Waals surface area contributed by atoms with Gasteiger partial charge in [0.1, 0.15) is 13.2 Å². The standard InChI is InChI=1S/C19H30N2O3/c1-4-7-8-11-16(21(5-2)6-3)19(22)20-15-10-9-12-17-18(15)24-14-13-23-17/h9-10,12,16H,4-8,11,13-14H2,1-3H3,(H,20,22)/p+1. The fourth-order valence-electron chi connectivity index (χ4n) is 3.25. The molecule has 1 unspecified atom stereocenters. The lowest BCUT2D eigenvalue weighted by molar-refractivity contribution is -0.912. The molecule has 1 aliphatic heterocycles. The maximum absolute atomic E-state index is 12.9. The minimum Gasteiger partial charge on any atom is -0.486 e. The highest BCUT2D eigenvalue weighted by Crippen LogP contribution is 2.37. The zero-order chi connectivity index (χ0) is 17.4. The van der Waals surface area contributed by atoms with Gasteiger partial charge in [0.2, 0.25) is 0 Å². The first-order valence-corrected chi connectivity index (χ1v) is 9.25. The minimum atomic E-state index is -0.0214. The molecule has 1 aromatic rings. The number of hydrogen-bond donors (Lipinski definition) is 2. The summed E-state index contributed by atoms with van der Waals surface area (Å²) in [7, 11) is 0. The van der Waals surface area contributed by atoms with Gasteiger partial charge in [-0.2, -0.15) is 0 Å². The normalized spacial score (nSPS) is 14.5. The summed E-state index contributed by atoms with van der Waals surface area (Å²) < 4.78 is 11.3. The van der Waals surface area contributed by atoms with Crippen LogP contribution >= 0.6 is 0 Å². The van der Waals surface area contributed by atoms with Gasteiger partial charge >= 0.3 is 0 Å². The van der Waals surface area contributed by atoms with Gasteiger partial charge in [-0.1, -0.05) is 25.8 Å². The number of ether oxygens (including phenoxy) is 2. The Morgan fingerprint density at radius 1 is 1.17 bits per heavy atom. The Morgan fingerprint density at radius 3 is 2.62 bits per heavy atom. The van der Waals surface area contributed by atoms with Crippen LogP contribution in [-0.4, -0.2) is 38.3 Å². The molecule has 1 amide bonds. The smallest absolute Gasteiger partial charge is 0.282 e. The molecule has 2 N–H and O–H groups in total. The van der Waals surface area contributed by atoms with Crippen molar-refractivity contribution < 1.29 is 19.2 Å². The fraction of sp³-hybridized carbons (Fsp3) is 0.632. The van der Waals surface area contributed by atoms with Gasteiger partial charge in [0, 0.05) is 6.42 Å². The summed E-state index contributed by atoms with van der Waals surface area (Å²) in [5, 5.41) is 3.08. The van der Waals surface area contributed by atoms with Gasteiger partial charge < -0.3 is 19.7 Å². The van der Waals surface area contributed by atoms with E-state index in [4.69, 9.17) is 9.47 Å². The van der Waals surface area contributed by atoms with Crippen LogP contribution in [0.5, 0.6) is 11.5 Å². The van der Waals surface area contributed by atoms with Gasteiger partial charge in [-0.15, -0.1) is 0 Å². The number of quaternary nitrogens is 1. The van der Waals surface area contributed by atoms with Crippen LogP contribution < -0.4 is 19.7 Å². The summed E-state index contributed by atoms with van der Waals surface area (Å²) in [4.78, 5) is 14.2. The highest BCUT2D eigenvalue weighted by molar-refractivity contribution is 5.95. The number of rotatable bonds is 9. The molecule has 0 bridgehead atoms. The van der Waals surface area contributed by atoms with E-state index in [2.05, 4.69) is 26.1 Å². The Balaban J connectivity index is 2.11. The van der Waals surface area contributed by atoms with Crippen LogP contribution in [0.2, 0.25) is 0 Å². The van der Waals surface area contributed by atoms with E-state index >= 15 is 0 Å². The number of para-hydroxylation sites is 1. The van der Waals surface area contributed by atoms with Crippen LogP contribution in [-0.2, 0) is 4.79 Å². The number of likely N-dealkylation sites (N-methyl/N-ethyl adjacent to an activating group) is 1. The number of nitrogens with one attached hydrogen (secondary N) is 2. The number of fused-ring (bicyclic) bond motifs is 1. The van der Waals surface area contributed by atoms with E-state index in [0.717, 1.165) is 25.9 Å². The second-order valence-electron chi connectivity index (χ2n) is 6.23. The second-order valence-corrected chi connectivity index (χ2v) is 6.23. The summed E-state index contributed by atoms with van der Waals surface area (Å²) in [5.41, 5.74) is 0.712. The van der Waals surface area contributed by atoms with Crippen molar-refractivity contribution in [3.63, 3.8) is 0 Å². The lowest BCUT2D eigenvalue weighted by Crippen LogP contribution is -3.16. The van der Waals surface area contributed by atoms with E-state index < -0.39 is 0 Å². The Bertz CT molecular complexity index is 529. The van der Waals surface area contributed by atoms with Crippen molar-refractivity contribution in [1.29, 1.82) is 0 Å². The van der Waals surface area contributed by atoms with E-state index in [1.807, 2.05) is 18.2 Å². The van der Waals surface area contributed by atoms with Gasteiger partial charge in [0.25, 0.3) is 5.91 Å². The largest absolute Gasteiger partial charge is 0.486 e. The van der Waals surface area contributed by atoms with Gasteiger partial charge in [-0.3, -0.25) is 4.79 Å². The van der Waals surface area contributed by atoms with Crippen molar-refractivity contribution >= 4 is 11.6 Å². The van der Waals surface area contributed by atoms with Crippen molar-refractivity contribution in [3.05, 3.63) is 18.2 Å². The van der Waals surface area contributed by atoms with Crippen LogP contribution in [0, 0.1) is 0 Å². The monoisotopic (exact) mass is 335 g/mol. The van der Waals surface area contributed by atoms with Crippen molar-refractivity contribution in [3.8, 4) is 11.5 Å². The molecule has 0 saturated carbocycles. The summed E-state index contributed by atoms with van der Waals surface area (Å²) in [5.74, 6) is 1.43. The van der Waals surface area contributed by atoms with Crippen LogP contribution in [0.15, 0.2) is 18.2 Å². The molecule has 1 heterocycles. The molecular weight excluding hydrogens is 304 g/mol. The molecule has 0 saturated heterocycles. The van der Waals surface area contributed by atoms with Gasteiger partial charge in [-0.05, 0) is 32.4 Å². The van der Waals surface area contributed by atoms with E-state index in [9.17, 15) is 4.79 Å². The van der Waals surface area contributed by atoms with Crippen molar-refractivity contribution in [2.75, 3.05) is 31.6 Å². The Kier molecular flexibility index (Phi) is 7.37. The van der Waals surface area contributed by atoms with Crippen LogP contribution in [0.3, 0.4) is 0 Å². The first-order valence-electron chi connectivity index (χ1n) is 9.25. The molecule has 1 aromatic carbocycles. The number of carbonyl (C=O) groups excluding carboxylic acids is 1. The molecule has 0 aliphatic carbocycles. The molecule has 5 nitrogen and oxygen atoms in total. The lowest BCUT2D eigenvalue weighted by atomic mass is 10.1. The van der Waals surface area contributed by atoms with Crippen molar-refractivity contribution in [2.24, 2.45) is 0 Å². The van der Waals surface area contributed by atoms with E-state index in [0.29, 0.717) is 30.4 Å². The third kappa shape index (κ3) is 4.63. The topological polar surface area (TPSA) is 52.0 Å². The average molecular weight is 335 g/mol. The van der Waals surface area contributed by atoms with Crippen LogP contribution in [0.25, 0.3) is 0 Å². The molecule has 0 spiro atoms. The number of unbranched alkanes of at least 4 members (excludes halogenated alkanes) is 2. The van der Waals surface area contributed by atoms with Gasteiger partial charge in [-0.25, -0.2) is 0 Å². The fourth-order valence-corrected chi connectivity index (χ4v) is 3.25. The molecular formula is C19H31N2O3+. The summed E-state index contributed by atoms with van der Waals surface area (Å²) in [6.07, 6.45) is 4.34. The first kappa shape index (κ1) is 18.6. The van der Waals surface area contributed by atoms with Crippen molar-refractivity contribution in [1.82, 2.24) is 0 Å². The first-order chi connectivity index (χ1) is 11.7. The molecule has 2 rings (SSSR count). The molecule has 0 fully saturated rings. The SMILES string of the molecule is CCCCCC(C(=O)Nc1cccc2c1OCCO2)[NH+](CC)CC. The van der Waals surface area contributed by atoms with E-state index in [1.165, 1.54) is 17.7 Å². The third-order valence-corrected chi connectivity index (χ3v) is 4.64. The molecule has 1 atom stereocenters. The Morgan fingerprint density at radius 2 is 1.92 bits per heavy atom. The maximum Gasteiger partial charge on any atom is 0.282 e. The molecule has 0 radical (unpaired) electrons. The van der Waals surface area contributed by atoms with Crippen LogP contribution in [0.1, 0.15) is 46.5 Å². The highest BCUT2D eigenvalue weighted by atomic mass is 16.6. The van der Waals surface area contributed by atoms with Crippen molar-refractivity contribution in [2.45, 2.75) is 52.5 Å². The molecule has 134 valence electrons. The Hall–Kier alpha value is -1.75. The zero-order valence-corrected chi connectivity index (χ0v) is 15.2. The van der Waals surface area contributed by atoms with Crippen LogP contribution in [0.4, 0.5) is 5.69 Å². The quantitative estimate of drug-likeness (QED) is 0.681. The third-order valence-electron chi connectivity index (χ3n) is 4.64. The number of benzene rings is 1. The van der Waals surface area contributed by atoms with Gasteiger partial charge in [0.05, 0.1) is 18.8 Å².